The molecule has 0 saturated carbocycles. The van der Waals surface area contributed by atoms with Gasteiger partial charge in [-0.25, -0.2) is 4.79 Å². The molecule has 0 fully saturated rings. The second-order valence-electron chi connectivity index (χ2n) is 2.86. The Morgan fingerprint density at radius 1 is 1.33 bits per heavy atom. The van der Waals surface area contributed by atoms with Crippen molar-refractivity contribution in [1.82, 2.24) is 0 Å². The van der Waals surface area contributed by atoms with Crippen molar-refractivity contribution in [3.63, 3.8) is 0 Å². The van der Waals surface area contributed by atoms with Crippen molar-refractivity contribution < 1.29 is 14.3 Å². The second kappa shape index (κ2) is 5.66. The van der Waals surface area contributed by atoms with Crippen LogP contribution in [0.2, 0.25) is 0 Å². The van der Waals surface area contributed by atoms with Gasteiger partial charge < -0.3 is 4.74 Å². The van der Waals surface area contributed by atoms with Crippen LogP contribution in [0.3, 0.4) is 0 Å². The number of benzene rings is 1. The van der Waals surface area contributed by atoms with Crippen LogP contribution < -0.4 is 0 Å². The van der Waals surface area contributed by atoms with Crippen molar-refractivity contribution in [3.8, 4) is 0 Å². The molecule has 1 unspecified atom stereocenters. The smallest absolute Gasteiger partial charge is 0.376 e. The maximum Gasteiger partial charge on any atom is 0.376 e. The largest absolute Gasteiger partial charge is 0.460 e. The number of alkyl halides is 1. The van der Waals surface area contributed by atoms with Crippen LogP contribution in [-0.4, -0.2) is 18.4 Å². The van der Waals surface area contributed by atoms with Crippen molar-refractivity contribution in [1.29, 1.82) is 0 Å². The summed E-state index contributed by atoms with van der Waals surface area (Å²) >= 11 is 3.17. The molecule has 0 aliphatic rings. The molecule has 1 rings (SSSR count). The Hall–Kier alpha value is -1.16. The molecular formula is C11H11BrO3. The Balaban J connectivity index is 2.73. The van der Waals surface area contributed by atoms with E-state index in [2.05, 4.69) is 20.7 Å². The Labute approximate surface area is 96.6 Å². The van der Waals surface area contributed by atoms with E-state index in [1.165, 1.54) is 0 Å². The molecule has 4 heteroatoms. The average molecular weight is 271 g/mol. The molecule has 0 aliphatic carbocycles. The number of halogens is 1. The molecule has 1 aromatic carbocycles. The van der Waals surface area contributed by atoms with Crippen molar-refractivity contribution in [2.75, 3.05) is 6.61 Å². The Morgan fingerprint density at radius 3 is 2.47 bits per heavy atom. The van der Waals surface area contributed by atoms with Crippen LogP contribution in [0, 0.1) is 0 Å². The number of carbonyl (C=O) groups excluding carboxylic acids is 2. The predicted molar refractivity (Wildman–Crippen MR) is 59.8 cm³/mol. The van der Waals surface area contributed by atoms with Crippen molar-refractivity contribution in [2.45, 2.75) is 11.8 Å². The zero-order valence-corrected chi connectivity index (χ0v) is 9.86. The highest BCUT2D eigenvalue weighted by Crippen LogP contribution is 2.23. The van der Waals surface area contributed by atoms with Crippen LogP contribution in [-0.2, 0) is 14.3 Å². The van der Waals surface area contributed by atoms with Crippen molar-refractivity contribution >= 4 is 27.7 Å². The molecule has 0 radical (unpaired) electrons. The minimum atomic E-state index is -0.803. The molecule has 0 heterocycles. The molecule has 0 bridgehead atoms. The molecule has 80 valence electrons. The van der Waals surface area contributed by atoms with E-state index in [9.17, 15) is 9.59 Å². The lowest BCUT2D eigenvalue weighted by molar-refractivity contribution is -0.153. The first kappa shape index (κ1) is 11.9. The summed E-state index contributed by atoms with van der Waals surface area (Å²) in [6.07, 6.45) is 0. The molecule has 0 amide bonds. The summed E-state index contributed by atoms with van der Waals surface area (Å²) in [7, 11) is 0. The van der Waals surface area contributed by atoms with Gasteiger partial charge in [-0.15, -0.1) is 0 Å². The maximum absolute atomic E-state index is 11.5. The quantitative estimate of drug-likeness (QED) is 0.479. The minimum absolute atomic E-state index is 0.207. The molecular weight excluding hydrogens is 260 g/mol. The zero-order valence-electron chi connectivity index (χ0n) is 8.27. The van der Waals surface area contributed by atoms with Gasteiger partial charge in [-0.05, 0) is 12.5 Å². The summed E-state index contributed by atoms with van der Waals surface area (Å²) in [6, 6.07) is 9.01. The fraction of sp³-hybridized carbons (Fsp3) is 0.273. The second-order valence-corrected chi connectivity index (χ2v) is 3.77. The van der Waals surface area contributed by atoms with Crippen LogP contribution in [0.25, 0.3) is 0 Å². The SMILES string of the molecule is CCOC(=O)C(=O)C(Br)c1ccccc1. The lowest BCUT2D eigenvalue weighted by atomic mass is 10.1. The number of ether oxygens (including phenoxy) is 1. The molecule has 3 nitrogen and oxygen atoms in total. The van der Waals surface area contributed by atoms with Crippen LogP contribution >= 0.6 is 15.9 Å². The highest BCUT2D eigenvalue weighted by atomic mass is 79.9. The van der Waals surface area contributed by atoms with E-state index in [-0.39, 0.29) is 6.61 Å². The number of esters is 1. The van der Waals surface area contributed by atoms with Gasteiger partial charge in [0, 0.05) is 0 Å². The molecule has 0 saturated heterocycles. The van der Waals surface area contributed by atoms with Crippen molar-refractivity contribution in [2.24, 2.45) is 0 Å². The topological polar surface area (TPSA) is 43.4 Å². The van der Waals surface area contributed by atoms with Gasteiger partial charge in [0.05, 0.1) is 6.61 Å². The van der Waals surface area contributed by atoms with Crippen LogP contribution in [0.4, 0.5) is 0 Å². The minimum Gasteiger partial charge on any atom is -0.460 e. The predicted octanol–water partition coefficient (Wildman–Crippen LogP) is 2.25. The monoisotopic (exact) mass is 270 g/mol. The number of carbonyl (C=O) groups is 2. The average Bonchev–Trinajstić information content (AvgIpc) is 2.28. The molecule has 1 atom stereocenters. The van der Waals surface area contributed by atoms with Gasteiger partial charge in [-0.3, -0.25) is 4.79 Å². The van der Waals surface area contributed by atoms with Gasteiger partial charge >= 0.3 is 5.97 Å². The summed E-state index contributed by atoms with van der Waals surface area (Å²) < 4.78 is 4.63. The van der Waals surface area contributed by atoms with E-state index in [1.807, 2.05) is 18.2 Å². The van der Waals surface area contributed by atoms with Crippen LogP contribution in [0.5, 0.6) is 0 Å². The van der Waals surface area contributed by atoms with Gasteiger partial charge in [0.1, 0.15) is 4.83 Å². The Kier molecular flexibility index (Phi) is 4.49. The summed E-state index contributed by atoms with van der Waals surface area (Å²) in [6.45, 7) is 1.87. The van der Waals surface area contributed by atoms with E-state index in [0.29, 0.717) is 0 Å². The van der Waals surface area contributed by atoms with Gasteiger partial charge in [0.15, 0.2) is 0 Å². The zero-order chi connectivity index (χ0) is 11.3. The highest BCUT2D eigenvalue weighted by molar-refractivity contribution is 9.09. The third kappa shape index (κ3) is 3.16. The first-order valence-corrected chi connectivity index (χ1v) is 5.48. The molecule has 0 aromatic heterocycles. The molecule has 1 aromatic rings. The highest BCUT2D eigenvalue weighted by Gasteiger charge is 2.25. The number of hydrogen-bond donors (Lipinski definition) is 0. The Morgan fingerprint density at radius 2 is 1.93 bits per heavy atom. The first-order valence-electron chi connectivity index (χ1n) is 4.56. The van der Waals surface area contributed by atoms with E-state index in [0.717, 1.165) is 5.56 Å². The number of rotatable bonds is 4. The fourth-order valence-electron chi connectivity index (χ4n) is 1.08. The lowest BCUT2D eigenvalue weighted by Crippen LogP contribution is -2.21. The standard InChI is InChI=1S/C11H11BrO3/c1-2-15-11(14)10(13)9(12)8-6-4-3-5-7-8/h3-7,9H,2H2,1H3. The molecule has 15 heavy (non-hydrogen) atoms. The molecule has 0 aliphatic heterocycles. The molecule has 0 spiro atoms. The van der Waals surface area contributed by atoms with Gasteiger partial charge in [0.2, 0.25) is 0 Å². The summed E-state index contributed by atoms with van der Waals surface area (Å²) in [5.41, 5.74) is 0.746. The lowest BCUT2D eigenvalue weighted by Gasteiger charge is -2.07. The normalized spacial score (nSPS) is 11.9. The summed E-state index contributed by atoms with van der Waals surface area (Å²) in [5, 5.41) is 0. The van der Waals surface area contributed by atoms with Crippen LogP contribution in [0.1, 0.15) is 17.3 Å². The van der Waals surface area contributed by atoms with Crippen molar-refractivity contribution in [3.05, 3.63) is 35.9 Å². The Bertz CT molecular complexity index is 348. The van der Waals surface area contributed by atoms with E-state index in [4.69, 9.17) is 0 Å². The maximum atomic E-state index is 11.5. The van der Waals surface area contributed by atoms with E-state index < -0.39 is 16.6 Å². The first-order chi connectivity index (χ1) is 7.16. The molecule has 0 N–H and O–H groups in total. The number of ketones is 1. The number of Topliss-reactive ketones (excluding diaryl/α,β-unsaturated/α-hetero) is 1. The van der Waals surface area contributed by atoms with E-state index in [1.54, 1.807) is 19.1 Å². The third-order valence-corrected chi connectivity index (χ3v) is 2.74. The van der Waals surface area contributed by atoms with Crippen LogP contribution in [0.15, 0.2) is 30.3 Å². The fourth-order valence-corrected chi connectivity index (χ4v) is 1.57. The summed E-state index contributed by atoms with van der Waals surface area (Å²) in [5.74, 6) is -1.38. The van der Waals surface area contributed by atoms with E-state index >= 15 is 0 Å². The summed E-state index contributed by atoms with van der Waals surface area (Å²) in [4.78, 5) is 22.0. The van der Waals surface area contributed by atoms with Gasteiger partial charge in [-0.2, -0.15) is 0 Å². The number of hydrogen-bond acceptors (Lipinski definition) is 3. The van der Waals surface area contributed by atoms with Gasteiger partial charge in [-0.1, -0.05) is 46.3 Å². The van der Waals surface area contributed by atoms with Gasteiger partial charge in [0.25, 0.3) is 5.78 Å². The third-order valence-electron chi connectivity index (χ3n) is 1.80.